The molecule has 0 aliphatic rings. The molecule has 2 aromatic carbocycles. The summed E-state index contributed by atoms with van der Waals surface area (Å²) in [5.74, 6) is -0.138. The summed E-state index contributed by atoms with van der Waals surface area (Å²) in [6.07, 6.45) is 1.73. The maximum absolute atomic E-state index is 14.9. The zero-order chi connectivity index (χ0) is 24.4. The monoisotopic (exact) mass is 454 g/mol. The normalized spacial score (nSPS) is 15.2. The number of carbonyl (C=O) groups excluding carboxylic acids is 2. The first-order valence-corrected chi connectivity index (χ1v) is 13.6. The minimum Gasteiger partial charge on any atom is -0.314 e. The first-order valence-electron chi connectivity index (χ1n) is 11.7. The average molecular weight is 455 g/mol. The molecule has 0 spiro atoms. The van der Waals surface area contributed by atoms with Crippen molar-refractivity contribution in [3.63, 3.8) is 0 Å². The molecule has 0 aliphatic heterocycles. The Morgan fingerprint density at radius 3 is 1.56 bits per heavy atom. The maximum Gasteiger partial charge on any atom is 0.222 e. The van der Waals surface area contributed by atoms with Crippen LogP contribution in [0.1, 0.15) is 94.1 Å². The number of rotatable bonds is 9. The third-order valence-electron chi connectivity index (χ3n) is 6.71. The van der Waals surface area contributed by atoms with Crippen molar-refractivity contribution in [2.45, 2.75) is 92.9 Å². The van der Waals surface area contributed by atoms with E-state index in [-0.39, 0.29) is 17.0 Å². The third kappa shape index (κ3) is 4.84. The number of carbonyl (C=O) groups is 2. The molecule has 0 amide bonds. The van der Waals surface area contributed by atoms with Crippen LogP contribution in [0.4, 0.5) is 0 Å². The van der Waals surface area contributed by atoms with Gasteiger partial charge in [-0.3, -0.25) is 9.59 Å². The predicted molar refractivity (Wildman–Crippen MR) is 136 cm³/mol. The van der Waals surface area contributed by atoms with Crippen LogP contribution in [-0.4, -0.2) is 22.6 Å². The predicted octanol–water partition coefficient (Wildman–Crippen LogP) is 7.89. The van der Waals surface area contributed by atoms with Gasteiger partial charge in [-0.25, -0.2) is 0 Å². The van der Waals surface area contributed by atoms with Gasteiger partial charge in [-0.1, -0.05) is 62.6 Å². The van der Waals surface area contributed by atoms with Gasteiger partial charge in [0.2, 0.25) is 5.52 Å². The van der Waals surface area contributed by atoms with Gasteiger partial charge in [-0.05, 0) is 76.6 Å². The second-order valence-corrected chi connectivity index (χ2v) is 12.8. The Bertz CT molecular complexity index is 1030. The van der Waals surface area contributed by atoms with E-state index in [1.54, 1.807) is 0 Å². The van der Waals surface area contributed by atoms with Crippen LogP contribution in [0.3, 0.4) is 0 Å². The van der Waals surface area contributed by atoms with Crippen LogP contribution in [0, 0.1) is 41.5 Å². The Balaban J connectivity index is 2.76. The number of benzene rings is 2. The van der Waals surface area contributed by atoms with Gasteiger partial charge >= 0.3 is 0 Å². The van der Waals surface area contributed by atoms with Gasteiger partial charge in [-0.2, -0.15) is 0 Å². The van der Waals surface area contributed by atoms with Crippen LogP contribution < -0.4 is 0 Å². The summed E-state index contributed by atoms with van der Waals surface area (Å²) in [7, 11) is -3.58. The SMILES string of the molecule is CCCC(C(=O)c1c(C)cc(C)cc1C)P(=O)(C(=O)c1c(C)cc(C)cc1C)C(C)CC. The fourth-order valence-electron chi connectivity index (χ4n) is 5.12. The largest absolute Gasteiger partial charge is 0.314 e. The van der Waals surface area contributed by atoms with E-state index >= 15 is 0 Å². The molecule has 4 heteroatoms. The van der Waals surface area contributed by atoms with Crippen molar-refractivity contribution in [2.24, 2.45) is 0 Å². The van der Waals surface area contributed by atoms with Crippen molar-refractivity contribution in [3.8, 4) is 0 Å². The average Bonchev–Trinajstić information content (AvgIpc) is 2.68. The van der Waals surface area contributed by atoms with E-state index < -0.39 is 12.8 Å². The first-order chi connectivity index (χ1) is 14.9. The van der Waals surface area contributed by atoms with Crippen LogP contribution in [0.5, 0.6) is 0 Å². The lowest BCUT2D eigenvalue weighted by atomic mass is 9.94. The maximum atomic E-state index is 14.9. The summed E-state index contributed by atoms with van der Waals surface area (Å²) in [5, 5.41) is 0. The molecule has 0 saturated carbocycles. The van der Waals surface area contributed by atoms with Crippen molar-refractivity contribution in [1.82, 2.24) is 0 Å². The number of Topliss-reactive ketones (excluding diaryl/α,β-unsaturated/α-hetero) is 1. The standard InChI is InChI=1S/C28H39O3P/c1-10-12-24(27(29)25-19(5)13-17(3)14-20(25)6)32(31,23(9)11-2)28(30)26-21(7)15-18(4)16-22(26)8/h13-16,23-24H,10-12H2,1-9H3. The Morgan fingerprint density at radius 1 is 0.781 bits per heavy atom. The lowest BCUT2D eigenvalue weighted by Gasteiger charge is -2.32. The van der Waals surface area contributed by atoms with Crippen molar-refractivity contribution in [2.75, 3.05) is 0 Å². The van der Waals surface area contributed by atoms with E-state index in [0.29, 0.717) is 30.4 Å². The molecule has 0 N–H and O–H groups in total. The molecule has 3 unspecified atom stereocenters. The van der Waals surface area contributed by atoms with Crippen LogP contribution in [-0.2, 0) is 4.57 Å². The smallest absolute Gasteiger partial charge is 0.222 e. The third-order valence-corrected chi connectivity index (χ3v) is 10.7. The molecular formula is C28H39O3P. The fraction of sp³-hybridized carbons (Fsp3) is 0.500. The van der Waals surface area contributed by atoms with Crippen LogP contribution in [0.25, 0.3) is 0 Å². The Morgan fingerprint density at radius 2 is 1.19 bits per heavy atom. The van der Waals surface area contributed by atoms with E-state index in [1.807, 2.05) is 86.6 Å². The molecular weight excluding hydrogens is 415 g/mol. The van der Waals surface area contributed by atoms with Crippen LogP contribution in [0.15, 0.2) is 24.3 Å². The highest BCUT2D eigenvalue weighted by Gasteiger charge is 2.48. The fourth-order valence-corrected chi connectivity index (χ4v) is 8.78. The second kappa shape index (κ2) is 10.3. The Hall–Kier alpha value is -1.99. The summed E-state index contributed by atoms with van der Waals surface area (Å²) < 4.78 is 14.9. The topological polar surface area (TPSA) is 51.2 Å². The molecule has 3 nitrogen and oxygen atoms in total. The van der Waals surface area contributed by atoms with Gasteiger partial charge in [0.1, 0.15) is 0 Å². The minimum absolute atomic E-state index is 0.138. The highest BCUT2D eigenvalue weighted by atomic mass is 31.2. The van der Waals surface area contributed by atoms with Crippen molar-refractivity contribution < 1.29 is 14.2 Å². The second-order valence-electron chi connectivity index (χ2n) is 9.49. The molecule has 0 saturated heterocycles. The number of ketones is 1. The lowest BCUT2D eigenvalue weighted by molar-refractivity contribution is 0.0970. The van der Waals surface area contributed by atoms with E-state index in [2.05, 4.69) is 0 Å². The summed E-state index contributed by atoms with van der Waals surface area (Å²) in [6, 6.07) is 7.92. The molecule has 0 aliphatic carbocycles. The van der Waals surface area contributed by atoms with E-state index in [9.17, 15) is 14.2 Å². The van der Waals surface area contributed by atoms with Gasteiger partial charge in [0.25, 0.3) is 0 Å². The molecule has 174 valence electrons. The number of aryl methyl sites for hydroxylation is 6. The highest BCUT2D eigenvalue weighted by molar-refractivity contribution is 7.83. The number of hydrogen-bond donors (Lipinski definition) is 0. The highest BCUT2D eigenvalue weighted by Crippen LogP contribution is 2.61. The molecule has 0 aromatic heterocycles. The summed E-state index contributed by atoms with van der Waals surface area (Å²) in [6.45, 7) is 17.5. The van der Waals surface area contributed by atoms with Gasteiger partial charge in [0.15, 0.2) is 12.9 Å². The molecule has 3 atom stereocenters. The minimum atomic E-state index is -3.58. The van der Waals surface area contributed by atoms with E-state index in [1.165, 1.54) is 0 Å². The van der Waals surface area contributed by atoms with Crippen molar-refractivity contribution >= 4 is 18.4 Å². The number of hydrogen-bond acceptors (Lipinski definition) is 3. The molecule has 0 fully saturated rings. The molecule has 32 heavy (non-hydrogen) atoms. The first kappa shape index (κ1) is 26.3. The van der Waals surface area contributed by atoms with Gasteiger partial charge in [0, 0.05) is 16.8 Å². The molecule has 0 heterocycles. The van der Waals surface area contributed by atoms with Gasteiger partial charge in [-0.15, -0.1) is 0 Å². The van der Waals surface area contributed by atoms with Crippen molar-refractivity contribution in [3.05, 3.63) is 68.8 Å². The van der Waals surface area contributed by atoms with E-state index in [4.69, 9.17) is 0 Å². The lowest BCUT2D eigenvalue weighted by Crippen LogP contribution is -2.31. The van der Waals surface area contributed by atoms with Crippen LogP contribution >= 0.6 is 7.14 Å². The Kier molecular flexibility index (Phi) is 8.45. The molecule has 2 aromatic rings. The zero-order valence-corrected chi connectivity index (χ0v) is 22.2. The van der Waals surface area contributed by atoms with E-state index in [0.717, 1.165) is 33.4 Å². The van der Waals surface area contributed by atoms with Crippen molar-refractivity contribution in [1.29, 1.82) is 0 Å². The molecule has 0 bridgehead atoms. The zero-order valence-electron chi connectivity index (χ0n) is 21.3. The Labute approximate surface area is 194 Å². The summed E-state index contributed by atoms with van der Waals surface area (Å²) >= 11 is 0. The van der Waals surface area contributed by atoms with Gasteiger partial charge in [0.05, 0.1) is 5.66 Å². The summed E-state index contributed by atoms with van der Waals surface area (Å²) in [5.41, 5.74) is 5.29. The quantitative estimate of drug-likeness (QED) is 0.286. The van der Waals surface area contributed by atoms with Crippen LogP contribution in [0.2, 0.25) is 0 Å². The summed E-state index contributed by atoms with van der Waals surface area (Å²) in [4.78, 5) is 28.1. The molecule has 2 rings (SSSR count). The molecule has 0 radical (unpaired) electrons. The van der Waals surface area contributed by atoms with Gasteiger partial charge < -0.3 is 4.57 Å².